The number of imide groups is 1. The van der Waals surface area contributed by atoms with E-state index in [0.717, 1.165) is 17.0 Å². The second kappa shape index (κ2) is 11.9. The lowest BCUT2D eigenvalue weighted by molar-refractivity contribution is -0.120. The van der Waals surface area contributed by atoms with Crippen LogP contribution < -0.4 is 15.5 Å². The standard InChI is InChI=1S/C29H24Cl2FN3O5/c1-15(2)14-40-29(39)17-6-8-19(9-7-17)33-26(36)18-5-4-16(3)23(12-18)34-25-24(31)27(37)35(28(25)38)20-10-11-22(32)21(30)13-20/h4-13,15,34H,14H2,1-3H3,(H,33,36). The fraction of sp³-hybridized carbons (Fsp3) is 0.172. The maximum absolute atomic E-state index is 13.6. The van der Waals surface area contributed by atoms with Crippen LogP contribution in [-0.4, -0.2) is 30.3 Å². The number of carbonyl (C=O) groups excluding carboxylic acids is 4. The Labute approximate surface area is 239 Å². The molecular weight excluding hydrogens is 560 g/mol. The van der Waals surface area contributed by atoms with Gasteiger partial charge in [-0.2, -0.15) is 0 Å². The number of ether oxygens (including phenoxy) is 1. The van der Waals surface area contributed by atoms with Crippen LogP contribution in [0.3, 0.4) is 0 Å². The van der Waals surface area contributed by atoms with Gasteiger partial charge in [-0.25, -0.2) is 14.1 Å². The van der Waals surface area contributed by atoms with Crippen molar-refractivity contribution in [1.29, 1.82) is 0 Å². The van der Waals surface area contributed by atoms with E-state index in [2.05, 4.69) is 10.6 Å². The van der Waals surface area contributed by atoms with E-state index in [1.807, 2.05) is 13.8 Å². The second-order valence-corrected chi connectivity index (χ2v) is 10.2. The molecule has 0 bridgehead atoms. The third kappa shape index (κ3) is 6.16. The number of nitrogens with zero attached hydrogens (tertiary/aromatic N) is 1. The average molecular weight is 584 g/mol. The normalized spacial score (nSPS) is 13.2. The molecular formula is C29H24Cl2FN3O5. The van der Waals surface area contributed by atoms with Gasteiger partial charge in [0.1, 0.15) is 16.5 Å². The number of halogens is 3. The molecule has 0 unspecified atom stereocenters. The zero-order chi connectivity index (χ0) is 29.1. The second-order valence-electron chi connectivity index (χ2n) is 9.41. The van der Waals surface area contributed by atoms with Crippen LogP contribution in [0.4, 0.5) is 21.5 Å². The van der Waals surface area contributed by atoms with Crippen LogP contribution in [0.1, 0.15) is 40.1 Å². The number of nitrogens with one attached hydrogen (secondary N) is 2. The topological polar surface area (TPSA) is 105 Å². The lowest BCUT2D eigenvalue weighted by Crippen LogP contribution is -2.32. The van der Waals surface area contributed by atoms with Crippen molar-refractivity contribution in [2.24, 2.45) is 5.92 Å². The van der Waals surface area contributed by atoms with Crippen LogP contribution in [0.15, 0.2) is 71.4 Å². The molecule has 0 fully saturated rings. The lowest BCUT2D eigenvalue weighted by atomic mass is 10.1. The van der Waals surface area contributed by atoms with Crippen molar-refractivity contribution in [2.45, 2.75) is 20.8 Å². The molecule has 8 nitrogen and oxygen atoms in total. The smallest absolute Gasteiger partial charge is 0.338 e. The minimum Gasteiger partial charge on any atom is -0.462 e. The molecule has 0 radical (unpaired) electrons. The number of rotatable bonds is 8. The minimum atomic E-state index is -0.806. The van der Waals surface area contributed by atoms with Gasteiger partial charge in [-0.1, -0.05) is 43.1 Å². The van der Waals surface area contributed by atoms with Crippen LogP contribution in [0, 0.1) is 18.7 Å². The maximum Gasteiger partial charge on any atom is 0.338 e. The van der Waals surface area contributed by atoms with Gasteiger partial charge in [0.25, 0.3) is 17.7 Å². The lowest BCUT2D eigenvalue weighted by Gasteiger charge is -2.16. The molecule has 3 aromatic carbocycles. The first-order valence-corrected chi connectivity index (χ1v) is 12.9. The molecule has 40 heavy (non-hydrogen) atoms. The fourth-order valence-corrected chi connectivity index (χ4v) is 4.11. The molecule has 0 atom stereocenters. The van der Waals surface area contributed by atoms with Crippen LogP contribution in [0.5, 0.6) is 0 Å². The predicted molar refractivity (Wildman–Crippen MR) is 151 cm³/mol. The molecule has 1 aliphatic heterocycles. The van der Waals surface area contributed by atoms with Crippen LogP contribution in [0.2, 0.25) is 5.02 Å². The Hall–Kier alpha value is -4.21. The number of esters is 1. The van der Waals surface area contributed by atoms with E-state index < -0.39 is 29.5 Å². The molecule has 1 heterocycles. The zero-order valence-corrected chi connectivity index (χ0v) is 23.2. The van der Waals surface area contributed by atoms with E-state index in [0.29, 0.717) is 29.1 Å². The van der Waals surface area contributed by atoms with E-state index in [1.54, 1.807) is 43.3 Å². The predicted octanol–water partition coefficient (Wildman–Crippen LogP) is 6.29. The van der Waals surface area contributed by atoms with Gasteiger partial charge in [-0.05, 0) is 73.0 Å². The van der Waals surface area contributed by atoms with Crippen molar-refractivity contribution in [1.82, 2.24) is 0 Å². The van der Waals surface area contributed by atoms with Crippen molar-refractivity contribution < 1.29 is 28.3 Å². The molecule has 2 N–H and O–H groups in total. The third-order valence-electron chi connectivity index (χ3n) is 5.87. The number of hydrogen-bond acceptors (Lipinski definition) is 6. The van der Waals surface area contributed by atoms with Crippen LogP contribution in [-0.2, 0) is 14.3 Å². The summed E-state index contributed by atoms with van der Waals surface area (Å²) >= 11 is 12.0. The third-order valence-corrected chi connectivity index (χ3v) is 6.51. The number of anilines is 3. The average Bonchev–Trinajstić information content (AvgIpc) is 3.13. The van der Waals surface area contributed by atoms with Crippen molar-refractivity contribution >= 4 is 64.0 Å². The highest BCUT2D eigenvalue weighted by molar-refractivity contribution is 6.53. The van der Waals surface area contributed by atoms with Gasteiger partial charge in [0, 0.05) is 16.9 Å². The molecule has 0 saturated heterocycles. The number of hydrogen-bond donors (Lipinski definition) is 2. The van der Waals surface area contributed by atoms with Gasteiger partial charge in [0.15, 0.2) is 0 Å². The van der Waals surface area contributed by atoms with E-state index in [9.17, 15) is 23.6 Å². The molecule has 0 aromatic heterocycles. The van der Waals surface area contributed by atoms with Crippen LogP contribution in [0.25, 0.3) is 0 Å². The number of aryl methyl sites for hydroxylation is 1. The van der Waals surface area contributed by atoms with Gasteiger partial charge < -0.3 is 15.4 Å². The molecule has 0 saturated carbocycles. The first-order valence-electron chi connectivity index (χ1n) is 12.2. The van der Waals surface area contributed by atoms with Gasteiger partial charge in [0.2, 0.25) is 0 Å². The van der Waals surface area contributed by atoms with E-state index in [-0.39, 0.29) is 32.9 Å². The first kappa shape index (κ1) is 28.8. The molecule has 4 rings (SSSR count). The number of amides is 3. The molecule has 0 spiro atoms. The summed E-state index contributed by atoms with van der Waals surface area (Å²) in [7, 11) is 0. The summed E-state index contributed by atoms with van der Waals surface area (Å²) < 4.78 is 18.8. The first-order chi connectivity index (χ1) is 19.0. The summed E-state index contributed by atoms with van der Waals surface area (Å²) in [6.45, 7) is 5.93. The highest BCUT2D eigenvalue weighted by atomic mass is 35.5. The monoisotopic (exact) mass is 583 g/mol. The number of carbonyl (C=O) groups is 4. The Morgan fingerprint density at radius 1 is 0.950 bits per heavy atom. The van der Waals surface area contributed by atoms with Crippen molar-refractivity contribution in [3.63, 3.8) is 0 Å². The Kier molecular flexibility index (Phi) is 8.56. The Morgan fingerprint density at radius 2 is 1.62 bits per heavy atom. The quantitative estimate of drug-likeness (QED) is 0.238. The van der Waals surface area contributed by atoms with Gasteiger partial charge >= 0.3 is 5.97 Å². The highest BCUT2D eigenvalue weighted by Gasteiger charge is 2.39. The van der Waals surface area contributed by atoms with E-state index in [4.69, 9.17) is 27.9 Å². The Morgan fingerprint density at radius 3 is 2.27 bits per heavy atom. The van der Waals surface area contributed by atoms with Crippen LogP contribution >= 0.6 is 23.2 Å². The molecule has 1 aliphatic rings. The van der Waals surface area contributed by atoms with Crippen molar-refractivity contribution in [3.8, 4) is 0 Å². The zero-order valence-electron chi connectivity index (χ0n) is 21.7. The van der Waals surface area contributed by atoms with E-state index in [1.165, 1.54) is 12.1 Å². The summed E-state index contributed by atoms with van der Waals surface area (Å²) in [4.78, 5) is 51.7. The Bertz CT molecular complexity index is 1550. The molecule has 0 aliphatic carbocycles. The van der Waals surface area contributed by atoms with Gasteiger partial charge in [-0.3, -0.25) is 14.4 Å². The fourth-order valence-electron chi connectivity index (χ4n) is 3.72. The number of benzene rings is 3. The largest absolute Gasteiger partial charge is 0.462 e. The summed E-state index contributed by atoms with van der Waals surface area (Å²) in [6.07, 6.45) is 0. The summed E-state index contributed by atoms with van der Waals surface area (Å²) in [6, 6.07) is 14.5. The SMILES string of the molecule is Cc1ccc(C(=O)Nc2ccc(C(=O)OCC(C)C)cc2)cc1NC1=C(Cl)C(=O)N(c2ccc(F)c(Cl)c2)C1=O. The van der Waals surface area contributed by atoms with Gasteiger partial charge in [-0.15, -0.1) is 0 Å². The summed E-state index contributed by atoms with van der Waals surface area (Å²) in [5.41, 5.74) is 1.96. The van der Waals surface area contributed by atoms with Crippen molar-refractivity contribution in [2.75, 3.05) is 22.1 Å². The minimum absolute atomic E-state index is 0.0559. The summed E-state index contributed by atoms with van der Waals surface area (Å²) in [5.74, 6) is -2.96. The van der Waals surface area contributed by atoms with Crippen molar-refractivity contribution in [3.05, 3.63) is 98.9 Å². The van der Waals surface area contributed by atoms with E-state index >= 15 is 0 Å². The summed E-state index contributed by atoms with van der Waals surface area (Å²) in [5, 5.41) is 4.98. The maximum atomic E-state index is 13.6. The molecule has 206 valence electrons. The molecule has 3 aromatic rings. The Balaban J connectivity index is 1.49. The highest BCUT2D eigenvalue weighted by Crippen LogP contribution is 2.33. The molecule has 3 amide bonds. The van der Waals surface area contributed by atoms with Gasteiger partial charge in [0.05, 0.1) is 22.9 Å². The molecule has 11 heteroatoms.